The Kier molecular flexibility index (Phi) is 9.97. The number of nitrogens with one attached hydrogen (secondary N) is 2. The maximum atomic E-state index is 12.6. The fraction of sp³-hybridized carbons (Fsp3) is 0.360. The number of amides is 2. The number of ether oxygens (including phenoxy) is 1. The van der Waals surface area contributed by atoms with Gasteiger partial charge in [-0.15, -0.1) is 0 Å². The molecule has 11 heteroatoms. The van der Waals surface area contributed by atoms with Gasteiger partial charge in [0.25, 0.3) is 5.91 Å². The highest BCUT2D eigenvalue weighted by molar-refractivity contribution is 9.10. The SMILES string of the molecule is CCc1cc(CC(=O)N/N=C(\C=O)c2c(N)cc(C(=O)NCCN3CCOCC3)cc2Br)ccc1O. The number of hydrazone groups is 1. The van der Waals surface area contributed by atoms with Crippen molar-refractivity contribution in [1.82, 2.24) is 15.6 Å². The van der Waals surface area contributed by atoms with Gasteiger partial charge in [0.05, 0.1) is 19.6 Å². The summed E-state index contributed by atoms with van der Waals surface area (Å²) >= 11 is 3.36. The molecule has 0 saturated carbocycles. The van der Waals surface area contributed by atoms with E-state index in [1.54, 1.807) is 24.3 Å². The Hall–Kier alpha value is -3.28. The molecule has 36 heavy (non-hydrogen) atoms. The normalized spacial score (nSPS) is 14.3. The highest BCUT2D eigenvalue weighted by Crippen LogP contribution is 2.26. The molecule has 1 saturated heterocycles. The number of phenolic OH excluding ortho intramolecular Hbond substituents is 1. The molecular formula is C25H30BrN5O5. The van der Waals surface area contributed by atoms with Crippen molar-refractivity contribution in [2.45, 2.75) is 19.8 Å². The molecule has 1 aliphatic heterocycles. The van der Waals surface area contributed by atoms with Crippen LogP contribution >= 0.6 is 15.9 Å². The number of carbonyl (C=O) groups excluding carboxylic acids is 3. The lowest BCUT2D eigenvalue weighted by molar-refractivity contribution is -0.120. The van der Waals surface area contributed by atoms with E-state index in [2.05, 4.69) is 36.7 Å². The summed E-state index contributed by atoms with van der Waals surface area (Å²) in [5.74, 6) is -0.550. The molecule has 0 aromatic heterocycles. The predicted molar refractivity (Wildman–Crippen MR) is 140 cm³/mol. The summed E-state index contributed by atoms with van der Waals surface area (Å²) in [5.41, 5.74) is 10.6. The molecule has 10 nitrogen and oxygen atoms in total. The molecule has 3 rings (SSSR count). The Bertz CT molecular complexity index is 1120. The molecule has 2 amide bonds. The number of aryl methyl sites for hydroxylation is 1. The minimum Gasteiger partial charge on any atom is -0.508 e. The molecule has 0 spiro atoms. The summed E-state index contributed by atoms with van der Waals surface area (Å²) < 4.78 is 5.71. The van der Waals surface area contributed by atoms with Crippen LogP contribution in [0.1, 0.15) is 34.0 Å². The summed E-state index contributed by atoms with van der Waals surface area (Å²) in [4.78, 5) is 38.9. The van der Waals surface area contributed by atoms with Crippen LogP contribution in [0.4, 0.5) is 5.69 Å². The van der Waals surface area contributed by atoms with Gasteiger partial charge in [0.2, 0.25) is 5.91 Å². The first-order chi connectivity index (χ1) is 17.3. The third kappa shape index (κ3) is 7.36. The topological polar surface area (TPSA) is 146 Å². The molecule has 5 N–H and O–H groups in total. The van der Waals surface area contributed by atoms with Crippen LogP contribution in [-0.2, 0) is 27.2 Å². The Morgan fingerprint density at radius 2 is 2.00 bits per heavy atom. The van der Waals surface area contributed by atoms with Crippen LogP contribution < -0.4 is 16.5 Å². The van der Waals surface area contributed by atoms with E-state index in [-0.39, 0.29) is 35.0 Å². The number of aldehydes is 1. The summed E-state index contributed by atoms with van der Waals surface area (Å²) in [5, 5.41) is 16.6. The van der Waals surface area contributed by atoms with Crippen molar-refractivity contribution < 1.29 is 24.2 Å². The second-order valence-corrected chi connectivity index (χ2v) is 9.13. The molecule has 0 atom stereocenters. The highest BCUT2D eigenvalue weighted by Gasteiger charge is 2.17. The molecule has 2 aromatic rings. The maximum Gasteiger partial charge on any atom is 0.251 e. The lowest BCUT2D eigenvalue weighted by Crippen LogP contribution is -2.41. The fourth-order valence-corrected chi connectivity index (χ4v) is 4.48. The molecule has 1 fully saturated rings. The van der Waals surface area contributed by atoms with Gasteiger partial charge < -0.3 is 20.9 Å². The number of nitrogen functional groups attached to an aromatic ring is 1. The Morgan fingerprint density at radius 3 is 2.67 bits per heavy atom. The summed E-state index contributed by atoms with van der Waals surface area (Å²) in [6.45, 7) is 6.15. The van der Waals surface area contributed by atoms with Crippen LogP contribution in [0.5, 0.6) is 5.75 Å². The molecule has 1 heterocycles. The van der Waals surface area contributed by atoms with Gasteiger partial charge in [-0.3, -0.25) is 19.3 Å². The van der Waals surface area contributed by atoms with Crippen LogP contribution in [0.15, 0.2) is 39.9 Å². The monoisotopic (exact) mass is 559 g/mol. The number of phenols is 1. The van der Waals surface area contributed by atoms with Gasteiger partial charge in [-0.2, -0.15) is 5.10 Å². The van der Waals surface area contributed by atoms with Crippen molar-refractivity contribution in [3.8, 4) is 5.75 Å². The molecular weight excluding hydrogens is 530 g/mol. The average Bonchev–Trinajstić information content (AvgIpc) is 2.87. The van der Waals surface area contributed by atoms with E-state index in [1.807, 2.05) is 6.92 Å². The molecule has 0 radical (unpaired) electrons. The Balaban J connectivity index is 1.64. The lowest BCUT2D eigenvalue weighted by atomic mass is 10.0. The predicted octanol–water partition coefficient (Wildman–Crippen LogP) is 1.62. The number of morpholine rings is 1. The van der Waals surface area contributed by atoms with Crippen molar-refractivity contribution in [2.75, 3.05) is 45.1 Å². The van der Waals surface area contributed by atoms with E-state index < -0.39 is 5.91 Å². The van der Waals surface area contributed by atoms with Crippen LogP contribution in [0.25, 0.3) is 0 Å². The van der Waals surface area contributed by atoms with Crippen molar-refractivity contribution in [3.63, 3.8) is 0 Å². The third-order valence-electron chi connectivity index (χ3n) is 5.76. The number of halogens is 1. The Labute approximate surface area is 218 Å². The smallest absolute Gasteiger partial charge is 0.251 e. The molecule has 2 aromatic carbocycles. The van der Waals surface area contributed by atoms with E-state index in [1.165, 1.54) is 6.07 Å². The van der Waals surface area contributed by atoms with Crippen LogP contribution in [0.3, 0.4) is 0 Å². The third-order valence-corrected chi connectivity index (χ3v) is 6.38. The van der Waals surface area contributed by atoms with Crippen molar-refractivity contribution >= 4 is 45.4 Å². The average molecular weight is 560 g/mol. The van der Waals surface area contributed by atoms with Gasteiger partial charge in [-0.1, -0.05) is 19.1 Å². The van der Waals surface area contributed by atoms with E-state index in [4.69, 9.17) is 10.5 Å². The van der Waals surface area contributed by atoms with E-state index in [0.29, 0.717) is 48.1 Å². The first kappa shape index (κ1) is 27.3. The van der Waals surface area contributed by atoms with Gasteiger partial charge >= 0.3 is 0 Å². The molecule has 0 unspecified atom stereocenters. The number of nitrogens with zero attached hydrogens (tertiary/aromatic N) is 2. The summed E-state index contributed by atoms with van der Waals surface area (Å²) in [6.07, 6.45) is 1.13. The van der Waals surface area contributed by atoms with Crippen molar-refractivity contribution in [3.05, 3.63) is 57.1 Å². The maximum absolute atomic E-state index is 12.6. The van der Waals surface area contributed by atoms with E-state index in [9.17, 15) is 19.5 Å². The Morgan fingerprint density at radius 1 is 1.25 bits per heavy atom. The van der Waals surface area contributed by atoms with Gasteiger partial charge in [-0.25, -0.2) is 5.43 Å². The second kappa shape index (κ2) is 13.1. The van der Waals surface area contributed by atoms with Gasteiger partial charge in [0, 0.05) is 47.5 Å². The minimum atomic E-state index is -0.437. The van der Waals surface area contributed by atoms with Crippen LogP contribution in [0.2, 0.25) is 0 Å². The second-order valence-electron chi connectivity index (χ2n) is 8.28. The number of benzene rings is 2. The summed E-state index contributed by atoms with van der Waals surface area (Å²) in [7, 11) is 0. The fourth-order valence-electron chi connectivity index (χ4n) is 3.80. The number of hydrogen-bond acceptors (Lipinski definition) is 8. The van der Waals surface area contributed by atoms with Crippen molar-refractivity contribution in [2.24, 2.45) is 5.10 Å². The zero-order valence-electron chi connectivity index (χ0n) is 20.1. The van der Waals surface area contributed by atoms with E-state index in [0.717, 1.165) is 25.2 Å². The largest absolute Gasteiger partial charge is 0.508 e. The molecule has 0 aliphatic carbocycles. The lowest BCUT2D eigenvalue weighted by Gasteiger charge is -2.26. The molecule has 1 aliphatic rings. The first-order valence-electron chi connectivity index (χ1n) is 11.6. The number of hydrogen-bond donors (Lipinski definition) is 4. The van der Waals surface area contributed by atoms with Gasteiger partial charge in [0.15, 0.2) is 6.29 Å². The number of nitrogens with two attached hydrogens (primary N) is 1. The number of carbonyl (C=O) groups is 3. The highest BCUT2D eigenvalue weighted by atomic mass is 79.9. The van der Waals surface area contributed by atoms with Crippen LogP contribution in [0, 0.1) is 0 Å². The molecule has 192 valence electrons. The zero-order chi connectivity index (χ0) is 26.1. The standard InChI is InChI=1S/C25H30BrN5O5/c1-2-17-11-16(3-4-22(17)33)12-23(34)30-29-21(15-32)24-19(26)13-18(14-20(24)27)25(35)28-5-6-31-7-9-36-10-8-31/h3-4,11,13-15,33H,2,5-10,12,27H2,1H3,(H,28,35)(H,30,34)/b29-21+. The van der Waals surface area contributed by atoms with Crippen LogP contribution in [-0.4, -0.2) is 73.2 Å². The van der Waals surface area contributed by atoms with Crippen molar-refractivity contribution in [1.29, 1.82) is 0 Å². The number of aromatic hydroxyl groups is 1. The first-order valence-corrected chi connectivity index (χ1v) is 12.4. The van der Waals surface area contributed by atoms with Gasteiger partial charge in [0.1, 0.15) is 11.5 Å². The summed E-state index contributed by atoms with van der Waals surface area (Å²) in [6, 6.07) is 7.96. The zero-order valence-corrected chi connectivity index (χ0v) is 21.6. The number of rotatable bonds is 10. The minimum absolute atomic E-state index is 0.0170. The van der Waals surface area contributed by atoms with Gasteiger partial charge in [-0.05, 0) is 51.7 Å². The number of anilines is 1. The molecule has 0 bridgehead atoms. The van der Waals surface area contributed by atoms with E-state index >= 15 is 0 Å². The quantitative estimate of drug-likeness (QED) is 0.150.